The quantitative estimate of drug-likeness (QED) is 0.444. The zero-order valence-corrected chi connectivity index (χ0v) is 14.7. The Morgan fingerprint density at radius 1 is 0.850 bits per heavy atom. The number of aromatic nitrogens is 1. The number of benzene rings is 2. The van der Waals surface area contributed by atoms with Crippen molar-refractivity contribution < 1.29 is 0 Å². The van der Waals surface area contributed by atoms with Crippen molar-refractivity contribution in [3.8, 4) is 0 Å². The highest BCUT2D eigenvalue weighted by Gasteiger charge is 2.10. The largest absolute Gasteiger partial charge is 0.340 e. The van der Waals surface area contributed by atoms with E-state index in [9.17, 15) is 0 Å². The Labute approximate surface area is 136 Å². The molecule has 0 atom stereocenters. The third-order valence-electron chi connectivity index (χ3n) is 3.77. The summed E-state index contributed by atoms with van der Waals surface area (Å²) in [7, 11) is 0. The Bertz CT molecular complexity index is 699. The van der Waals surface area contributed by atoms with Crippen molar-refractivity contribution in [1.82, 2.24) is 4.57 Å². The second-order valence-corrected chi connectivity index (χ2v) is 7.01. The van der Waals surface area contributed by atoms with Gasteiger partial charge in [-0.1, -0.05) is 51.6 Å². The predicted molar refractivity (Wildman–Crippen MR) is 94.4 cm³/mol. The van der Waals surface area contributed by atoms with E-state index < -0.39 is 0 Å². The van der Waals surface area contributed by atoms with Crippen LogP contribution in [-0.4, -0.2) is 4.57 Å². The summed E-state index contributed by atoms with van der Waals surface area (Å²) in [5.41, 5.74) is 2.66. The zero-order chi connectivity index (χ0) is 14.1. The van der Waals surface area contributed by atoms with Crippen LogP contribution in [0, 0.1) is 0 Å². The molecule has 0 spiro atoms. The smallest absolute Gasteiger partial charge is 0.0492 e. The van der Waals surface area contributed by atoms with Gasteiger partial charge in [-0.15, -0.1) is 0 Å². The van der Waals surface area contributed by atoms with Gasteiger partial charge in [0, 0.05) is 37.3 Å². The van der Waals surface area contributed by atoms with E-state index in [0.717, 1.165) is 15.5 Å². The summed E-state index contributed by atoms with van der Waals surface area (Å²) >= 11 is 7.18. The fourth-order valence-electron chi connectivity index (χ4n) is 2.81. The van der Waals surface area contributed by atoms with Gasteiger partial charge >= 0.3 is 0 Å². The van der Waals surface area contributed by atoms with Crippen LogP contribution in [0.5, 0.6) is 0 Å². The van der Waals surface area contributed by atoms with Crippen molar-refractivity contribution in [3.63, 3.8) is 0 Å². The van der Waals surface area contributed by atoms with Crippen molar-refractivity contribution >= 4 is 53.7 Å². The number of unbranched alkanes of at least 4 members (excludes halogenated alkanes) is 2. The molecule has 1 heterocycles. The maximum atomic E-state index is 3.59. The van der Waals surface area contributed by atoms with Gasteiger partial charge in [-0.25, -0.2) is 0 Å². The highest BCUT2D eigenvalue weighted by molar-refractivity contribution is 9.10. The highest BCUT2D eigenvalue weighted by Crippen LogP contribution is 2.33. The van der Waals surface area contributed by atoms with Crippen molar-refractivity contribution in [1.29, 1.82) is 0 Å². The monoisotopic (exact) mass is 393 g/mol. The lowest BCUT2D eigenvalue weighted by Gasteiger charge is -2.07. The normalized spacial score (nSPS) is 11.6. The maximum absolute atomic E-state index is 3.59. The molecule has 0 amide bonds. The topological polar surface area (TPSA) is 4.93 Å². The van der Waals surface area contributed by atoms with E-state index >= 15 is 0 Å². The molecule has 0 aliphatic heterocycles. The summed E-state index contributed by atoms with van der Waals surface area (Å²) in [5, 5.41) is 2.65. The van der Waals surface area contributed by atoms with Gasteiger partial charge in [0.05, 0.1) is 0 Å². The maximum Gasteiger partial charge on any atom is 0.0492 e. The van der Waals surface area contributed by atoms with E-state index in [-0.39, 0.29) is 0 Å². The molecular weight excluding hydrogens is 378 g/mol. The lowest BCUT2D eigenvalue weighted by molar-refractivity contribution is 0.627. The number of aryl methyl sites for hydroxylation is 1. The fourth-order valence-corrected chi connectivity index (χ4v) is 3.53. The van der Waals surface area contributed by atoms with Crippen LogP contribution in [0.4, 0.5) is 0 Å². The SMILES string of the molecule is CCCCCn1c2ccc(Br)cc2c2cc(Br)ccc21. The van der Waals surface area contributed by atoms with Gasteiger partial charge in [0.2, 0.25) is 0 Å². The third-order valence-corrected chi connectivity index (χ3v) is 4.76. The van der Waals surface area contributed by atoms with E-state index in [0.29, 0.717) is 0 Å². The molecule has 3 heteroatoms. The summed E-state index contributed by atoms with van der Waals surface area (Å²) in [5.74, 6) is 0. The van der Waals surface area contributed by atoms with Gasteiger partial charge in [0.15, 0.2) is 0 Å². The van der Waals surface area contributed by atoms with Gasteiger partial charge in [0.1, 0.15) is 0 Å². The molecule has 0 N–H and O–H groups in total. The molecule has 0 bridgehead atoms. The summed E-state index contributed by atoms with van der Waals surface area (Å²) in [6.45, 7) is 3.34. The minimum Gasteiger partial charge on any atom is -0.340 e. The van der Waals surface area contributed by atoms with Crippen molar-refractivity contribution in [2.24, 2.45) is 0 Å². The molecule has 3 rings (SSSR count). The van der Waals surface area contributed by atoms with Gasteiger partial charge in [-0.05, 0) is 42.8 Å². The Hall–Kier alpha value is -0.800. The summed E-state index contributed by atoms with van der Waals surface area (Å²) in [6.07, 6.45) is 3.78. The molecule has 0 aliphatic carbocycles. The van der Waals surface area contributed by atoms with Crippen LogP contribution in [0.25, 0.3) is 21.8 Å². The Morgan fingerprint density at radius 3 is 1.90 bits per heavy atom. The number of hydrogen-bond donors (Lipinski definition) is 0. The third kappa shape index (κ3) is 2.53. The first-order valence-corrected chi connectivity index (χ1v) is 8.66. The molecule has 0 unspecified atom stereocenters. The molecule has 2 aromatic carbocycles. The molecule has 1 aromatic heterocycles. The van der Waals surface area contributed by atoms with Crippen LogP contribution >= 0.6 is 31.9 Å². The van der Waals surface area contributed by atoms with Crippen LogP contribution in [0.3, 0.4) is 0 Å². The summed E-state index contributed by atoms with van der Waals surface area (Å²) < 4.78 is 4.73. The van der Waals surface area contributed by atoms with Crippen molar-refractivity contribution in [2.45, 2.75) is 32.7 Å². The fraction of sp³-hybridized carbons (Fsp3) is 0.294. The molecule has 1 nitrogen and oxygen atoms in total. The number of fused-ring (bicyclic) bond motifs is 3. The Kier molecular flexibility index (Phi) is 4.18. The predicted octanol–water partition coefficient (Wildman–Crippen LogP) is 6.51. The molecule has 104 valence electrons. The second-order valence-electron chi connectivity index (χ2n) is 5.18. The molecule has 20 heavy (non-hydrogen) atoms. The van der Waals surface area contributed by atoms with E-state index in [1.165, 1.54) is 41.1 Å². The molecule has 0 radical (unpaired) electrons. The lowest BCUT2D eigenvalue weighted by atomic mass is 10.2. The second kappa shape index (κ2) is 5.90. The number of nitrogens with zero attached hydrogens (tertiary/aromatic N) is 1. The first-order valence-electron chi connectivity index (χ1n) is 7.07. The van der Waals surface area contributed by atoms with Gasteiger partial charge in [0.25, 0.3) is 0 Å². The van der Waals surface area contributed by atoms with Gasteiger partial charge in [-0.2, -0.15) is 0 Å². The van der Waals surface area contributed by atoms with Gasteiger partial charge in [-0.3, -0.25) is 0 Å². The number of hydrogen-bond acceptors (Lipinski definition) is 0. The van der Waals surface area contributed by atoms with E-state index in [2.05, 4.69) is 79.7 Å². The van der Waals surface area contributed by atoms with Gasteiger partial charge < -0.3 is 4.57 Å². The Balaban J connectivity index is 2.23. The average molecular weight is 395 g/mol. The number of rotatable bonds is 4. The molecule has 0 saturated heterocycles. The first-order chi connectivity index (χ1) is 9.70. The van der Waals surface area contributed by atoms with Crippen LogP contribution in [0.2, 0.25) is 0 Å². The molecule has 3 aromatic rings. The molecule has 0 saturated carbocycles. The highest BCUT2D eigenvalue weighted by atomic mass is 79.9. The van der Waals surface area contributed by atoms with Crippen LogP contribution < -0.4 is 0 Å². The number of halogens is 2. The summed E-state index contributed by atoms with van der Waals surface area (Å²) in [6, 6.07) is 13.2. The standard InChI is InChI=1S/C17H17Br2N/c1-2-3-4-9-20-16-7-5-12(18)10-14(16)15-11-13(19)6-8-17(15)20/h5-8,10-11H,2-4,9H2,1H3. The zero-order valence-electron chi connectivity index (χ0n) is 11.5. The van der Waals surface area contributed by atoms with E-state index in [1.807, 2.05) is 0 Å². The van der Waals surface area contributed by atoms with Crippen molar-refractivity contribution in [2.75, 3.05) is 0 Å². The molecular formula is C17H17Br2N. The minimum absolute atomic E-state index is 1.09. The minimum atomic E-state index is 1.09. The van der Waals surface area contributed by atoms with Crippen LogP contribution in [0.15, 0.2) is 45.3 Å². The van der Waals surface area contributed by atoms with E-state index in [1.54, 1.807) is 0 Å². The average Bonchev–Trinajstić information content (AvgIpc) is 2.72. The Morgan fingerprint density at radius 2 is 1.40 bits per heavy atom. The van der Waals surface area contributed by atoms with Crippen LogP contribution in [-0.2, 0) is 6.54 Å². The summed E-state index contributed by atoms with van der Waals surface area (Å²) in [4.78, 5) is 0. The first kappa shape index (κ1) is 14.2. The molecule has 0 fully saturated rings. The van der Waals surface area contributed by atoms with E-state index in [4.69, 9.17) is 0 Å². The molecule has 0 aliphatic rings. The lowest BCUT2D eigenvalue weighted by Crippen LogP contribution is -1.97. The van der Waals surface area contributed by atoms with Crippen LogP contribution in [0.1, 0.15) is 26.2 Å². The van der Waals surface area contributed by atoms with Crippen molar-refractivity contribution in [3.05, 3.63) is 45.3 Å².